The molecule has 5 heterocycles. The van der Waals surface area contributed by atoms with Gasteiger partial charge in [-0.1, -0.05) is 6.07 Å². The summed E-state index contributed by atoms with van der Waals surface area (Å²) in [6.45, 7) is 5.09. The Kier molecular flexibility index (Phi) is 5.20. The highest BCUT2D eigenvalue weighted by atomic mass is 32.1. The van der Waals surface area contributed by atoms with Gasteiger partial charge in [-0.2, -0.15) is 0 Å². The molecule has 1 N–H and O–H groups in total. The third kappa shape index (κ3) is 3.43. The van der Waals surface area contributed by atoms with Gasteiger partial charge in [0.15, 0.2) is 0 Å². The summed E-state index contributed by atoms with van der Waals surface area (Å²) in [5, 5.41) is 13.1. The summed E-state index contributed by atoms with van der Waals surface area (Å²) in [7, 11) is 0. The van der Waals surface area contributed by atoms with E-state index >= 15 is 0 Å². The van der Waals surface area contributed by atoms with Crippen LogP contribution in [0.15, 0.2) is 36.7 Å². The number of carbonyl (C=O) groups excluding carboxylic acids is 2. The Morgan fingerprint density at radius 2 is 1.97 bits per heavy atom. The Bertz CT molecular complexity index is 1260. The third-order valence-electron chi connectivity index (χ3n) is 7.90. The quantitative estimate of drug-likeness (QED) is 0.575. The summed E-state index contributed by atoms with van der Waals surface area (Å²) in [4.78, 5) is 33.7. The molecule has 1 aromatic carbocycles. The van der Waals surface area contributed by atoms with E-state index in [0.717, 1.165) is 70.7 Å². The Morgan fingerprint density at radius 3 is 2.76 bits per heavy atom. The van der Waals surface area contributed by atoms with Gasteiger partial charge in [-0.3, -0.25) is 9.78 Å². The summed E-state index contributed by atoms with van der Waals surface area (Å²) in [5.41, 5.74) is 2.97. The molecule has 8 heteroatoms. The molecule has 0 unspecified atom stereocenters. The molecule has 1 atom stereocenters. The maximum atomic E-state index is 13.5. The number of β-amino-alcohol motifs (C(OH)–C–C–N with tert-alkyl or cyclic N) is 1. The number of aliphatic hydroxyl groups excluding tert-OH is 1. The van der Waals surface area contributed by atoms with Crippen LogP contribution in [0.5, 0.6) is 0 Å². The number of nitrogens with zero attached hydrogens (tertiary/aromatic N) is 3. The van der Waals surface area contributed by atoms with E-state index in [4.69, 9.17) is 4.74 Å². The van der Waals surface area contributed by atoms with Crippen molar-refractivity contribution >= 4 is 38.3 Å². The molecule has 2 saturated heterocycles. The average molecular weight is 478 g/mol. The van der Waals surface area contributed by atoms with Crippen LogP contribution in [0, 0.1) is 12.3 Å². The highest BCUT2D eigenvalue weighted by Crippen LogP contribution is 2.45. The minimum Gasteiger partial charge on any atom is -0.457 e. The molecular weight excluding hydrogens is 450 g/mol. The molecule has 0 radical (unpaired) electrons. The topological polar surface area (TPSA) is 83.0 Å². The van der Waals surface area contributed by atoms with Crippen molar-refractivity contribution in [2.45, 2.75) is 38.9 Å². The zero-order chi connectivity index (χ0) is 23.4. The number of likely N-dealkylation sites (tertiary alicyclic amines) is 1. The first-order valence-corrected chi connectivity index (χ1v) is 12.6. The highest BCUT2D eigenvalue weighted by molar-refractivity contribution is 7.23. The number of aromatic nitrogens is 1. The molecule has 7 nitrogen and oxygen atoms in total. The van der Waals surface area contributed by atoms with Gasteiger partial charge in [0.2, 0.25) is 5.91 Å². The lowest BCUT2D eigenvalue weighted by Gasteiger charge is -2.38. The standard InChI is InChI=1S/C26H27N3O4S/c1-16-18(2-3-19-20(16)15-33-24(19)31)21(30)14-28-9-5-26(6-10-28)7-11-29(25(26)32)23-12-17-4-8-27-13-22(17)34-23/h2-4,8,12-13,21,30H,5-7,9-11,14-15H2,1H3/t21-/m0/s1. The highest BCUT2D eigenvalue weighted by Gasteiger charge is 2.49. The van der Waals surface area contributed by atoms with E-state index in [0.29, 0.717) is 12.1 Å². The van der Waals surface area contributed by atoms with Gasteiger partial charge >= 0.3 is 5.97 Å². The number of carbonyl (C=O) groups is 2. The molecular formula is C26H27N3O4S. The molecule has 176 valence electrons. The molecule has 3 aliphatic rings. The summed E-state index contributed by atoms with van der Waals surface area (Å²) < 4.78 is 6.25. The lowest BCUT2D eigenvalue weighted by Crippen LogP contribution is -2.45. The summed E-state index contributed by atoms with van der Waals surface area (Å²) in [6, 6.07) is 7.69. The van der Waals surface area contributed by atoms with Crippen LogP contribution in [0.4, 0.5) is 5.00 Å². The van der Waals surface area contributed by atoms with Gasteiger partial charge in [0.1, 0.15) is 6.61 Å². The second-order valence-corrected chi connectivity index (χ2v) is 10.7. The second kappa shape index (κ2) is 8.15. The molecule has 1 amide bonds. The number of esters is 1. The van der Waals surface area contributed by atoms with Crippen LogP contribution in [0.3, 0.4) is 0 Å². The fourth-order valence-corrected chi connectivity index (χ4v) is 6.79. The Morgan fingerprint density at radius 1 is 1.18 bits per heavy atom. The predicted molar refractivity (Wildman–Crippen MR) is 130 cm³/mol. The van der Waals surface area contributed by atoms with E-state index in [1.54, 1.807) is 23.6 Å². The molecule has 0 saturated carbocycles. The molecule has 0 bridgehead atoms. The van der Waals surface area contributed by atoms with Crippen molar-refractivity contribution < 1.29 is 19.4 Å². The van der Waals surface area contributed by atoms with E-state index in [1.165, 1.54) is 0 Å². The van der Waals surface area contributed by atoms with Crippen molar-refractivity contribution in [2.75, 3.05) is 31.1 Å². The number of pyridine rings is 1. The minimum absolute atomic E-state index is 0.242. The fraction of sp³-hybridized carbons (Fsp3) is 0.423. The monoisotopic (exact) mass is 477 g/mol. The molecule has 6 rings (SSSR count). The van der Waals surface area contributed by atoms with Crippen LogP contribution in [-0.4, -0.2) is 53.0 Å². The predicted octanol–water partition coefficient (Wildman–Crippen LogP) is 3.83. The number of amides is 1. The SMILES string of the molecule is Cc1c([C@@H](O)CN2CCC3(CC2)CCN(c2cc4ccncc4s2)C3=O)ccc2c1COC2=O. The smallest absolute Gasteiger partial charge is 0.338 e. The zero-order valence-corrected chi connectivity index (χ0v) is 19.9. The van der Waals surface area contributed by atoms with E-state index in [1.807, 2.05) is 30.2 Å². The van der Waals surface area contributed by atoms with E-state index in [9.17, 15) is 14.7 Å². The molecule has 3 aromatic rings. The van der Waals surface area contributed by atoms with Crippen molar-refractivity contribution in [3.05, 3.63) is 58.9 Å². The van der Waals surface area contributed by atoms with Crippen LogP contribution >= 0.6 is 11.3 Å². The minimum atomic E-state index is -0.641. The number of cyclic esters (lactones) is 1. The van der Waals surface area contributed by atoms with Crippen LogP contribution in [-0.2, 0) is 16.1 Å². The van der Waals surface area contributed by atoms with Crippen molar-refractivity contribution in [3.63, 3.8) is 0 Å². The average Bonchev–Trinajstić information content (AvgIpc) is 3.52. The van der Waals surface area contributed by atoms with E-state index < -0.39 is 6.10 Å². The van der Waals surface area contributed by atoms with Crippen molar-refractivity contribution in [1.82, 2.24) is 9.88 Å². The van der Waals surface area contributed by atoms with Gasteiger partial charge in [0, 0.05) is 31.0 Å². The first kappa shape index (κ1) is 21.7. The number of thiophene rings is 1. The van der Waals surface area contributed by atoms with Gasteiger partial charge in [0.05, 0.1) is 26.8 Å². The molecule has 0 aliphatic carbocycles. The number of hydrogen-bond donors (Lipinski definition) is 1. The van der Waals surface area contributed by atoms with Crippen LogP contribution < -0.4 is 4.90 Å². The normalized spacial score (nSPS) is 20.8. The lowest BCUT2D eigenvalue weighted by atomic mass is 9.77. The van der Waals surface area contributed by atoms with Crippen molar-refractivity contribution in [1.29, 1.82) is 0 Å². The molecule has 2 aromatic heterocycles. The van der Waals surface area contributed by atoms with Crippen molar-refractivity contribution in [3.8, 4) is 0 Å². The summed E-state index contributed by atoms with van der Waals surface area (Å²) in [6.07, 6.45) is 5.51. The fourth-order valence-electron chi connectivity index (χ4n) is 5.73. The van der Waals surface area contributed by atoms with Gasteiger partial charge < -0.3 is 19.6 Å². The number of anilines is 1. The number of aliphatic hydroxyl groups is 1. The van der Waals surface area contributed by atoms with Gasteiger partial charge in [-0.25, -0.2) is 4.79 Å². The number of hydrogen-bond acceptors (Lipinski definition) is 7. The molecule has 34 heavy (non-hydrogen) atoms. The first-order valence-electron chi connectivity index (χ1n) is 11.8. The second-order valence-electron chi connectivity index (χ2n) is 9.68. The van der Waals surface area contributed by atoms with Gasteiger partial charge in [-0.05, 0) is 74.0 Å². The first-order chi connectivity index (χ1) is 16.4. The third-order valence-corrected chi connectivity index (χ3v) is 9.01. The summed E-state index contributed by atoms with van der Waals surface area (Å²) >= 11 is 1.63. The maximum Gasteiger partial charge on any atom is 0.338 e. The summed E-state index contributed by atoms with van der Waals surface area (Å²) in [5.74, 6) is -0.0468. The Labute approximate surface area is 202 Å². The van der Waals surface area contributed by atoms with Crippen LogP contribution in [0.1, 0.15) is 52.4 Å². The van der Waals surface area contributed by atoms with E-state index in [2.05, 4.69) is 16.0 Å². The number of fused-ring (bicyclic) bond motifs is 2. The largest absolute Gasteiger partial charge is 0.457 e. The maximum absolute atomic E-state index is 13.5. The molecule has 3 aliphatic heterocycles. The molecule has 2 fully saturated rings. The molecule has 1 spiro atoms. The van der Waals surface area contributed by atoms with Gasteiger partial charge in [-0.15, -0.1) is 11.3 Å². The van der Waals surface area contributed by atoms with Crippen LogP contribution in [0.25, 0.3) is 10.1 Å². The number of ether oxygens (including phenoxy) is 1. The Balaban J connectivity index is 1.11. The Hall–Kier alpha value is -2.81. The zero-order valence-electron chi connectivity index (χ0n) is 19.1. The van der Waals surface area contributed by atoms with Crippen LogP contribution in [0.2, 0.25) is 0 Å². The van der Waals surface area contributed by atoms with Gasteiger partial charge in [0.25, 0.3) is 0 Å². The number of rotatable bonds is 4. The lowest BCUT2D eigenvalue weighted by molar-refractivity contribution is -0.128. The number of piperidine rings is 1. The van der Waals surface area contributed by atoms with E-state index in [-0.39, 0.29) is 23.9 Å². The van der Waals surface area contributed by atoms with Crippen molar-refractivity contribution in [2.24, 2.45) is 5.41 Å². The number of benzene rings is 1.